The Morgan fingerprint density at radius 3 is 1.57 bits per heavy atom. The van der Waals surface area contributed by atoms with Crippen LogP contribution in [0, 0.1) is 41.7 Å². The summed E-state index contributed by atoms with van der Waals surface area (Å²) in [6.45, 7) is 1.08. The van der Waals surface area contributed by atoms with Gasteiger partial charge in [0.05, 0.1) is 0 Å². The molecule has 0 aromatic heterocycles. The minimum Gasteiger partial charge on any atom is -0.481 e. The molecule has 0 aromatic rings. The summed E-state index contributed by atoms with van der Waals surface area (Å²) in [6.07, 6.45) is 0. The van der Waals surface area contributed by atoms with Crippen molar-refractivity contribution in [3.63, 3.8) is 0 Å². The number of carboxylic acid groups (broad SMARTS) is 1. The van der Waals surface area contributed by atoms with Crippen LogP contribution in [-0.2, 0) is 4.79 Å². The van der Waals surface area contributed by atoms with E-state index >= 15 is 0 Å². The van der Waals surface area contributed by atoms with E-state index in [1.54, 1.807) is 0 Å². The van der Waals surface area contributed by atoms with Gasteiger partial charge in [-0.05, 0) is 0 Å². The fourth-order valence-corrected chi connectivity index (χ4v) is 0. The molecule has 0 fully saturated rings. The number of hydrazine groups is 1. The molecule has 0 aliphatic carbocycles. The van der Waals surface area contributed by atoms with Gasteiger partial charge in [-0.2, -0.15) is 0 Å². The first kappa shape index (κ1) is 15.7. The number of aliphatic carboxylic acids is 1. The molecule has 42 valence electrons. The fourth-order valence-electron chi connectivity index (χ4n) is 0. The van der Waals surface area contributed by atoms with Crippen molar-refractivity contribution in [1.29, 1.82) is 0 Å². The molecule has 5 heteroatoms. The molecule has 0 rings (SSSR count). The predicted molar refractivity (Wildman–Crippen MR) is 21.7 cm³/mol. The zero-order valence-electron chi connectivity index (χ0n) is 4.01. The van der Waals surface area contributed by atoms with E-state index in [-0.39, 0.29) is 41.7 Å². The Labute approximate surface area is 75.6 Å². The standard InChI is InChI=1S/C2H4O2.Ce.H4N2/c1-2(3)4;;1-2/h1H3,(H,3,4);;1-2H2. The van der Waals surface area contributed by atoms with E-state index in [4.69, 9.17) is 9.90 Å². The van der Waals surface area contributed by atoms with Crippen molar-refractivity contribution in [3.05, 3.63) is 0 Å². The van der Waals surface area contributed by atoms with E-state index in [0.29, 0.717) is 0 Å². The van der Waals surface area contributed by atoms with Crippen molar-refractivity contribution in [2.24, 2.45) is 11.7 Å². The van der Waals surface area contributed by atoms with Gasteiger partial charge >= 0.3 is 0 Å². The predicted octanol–water partition coefficient (Wildman–Crippen LogP) is -1.09. The molecule has 0 unspecified atom stereocenters. The van der Waals surface area contributed by atoms with Gasteiger partial charge in [-0.1, -0.05) is 0 Å². The van der Waals surface area contributed by atoms with Gasteiger partial charge in [-0.3, -0.25) is 16.5 Å². The van der Waals surface area contributed by atoms with Crippen LogP contribution in [-0.4, -0.2) is 11.1 Å². The van der Waals surface area contributed by atoms with Crippen LogP contribution in [0.3, 0.4) is 0 Å². The Balaban J connectivity index is -0.0000000480. The average Bonchev–Trinajstić information content (AvgIpc) is 1.41. The van der Waals surface area contributed by atoms with Crippen LogP contribution in [0.2, 0.25) is 0 Å². The third-order valence-electron chi connectivity index (χ3n) is 0. The van der Waals surface area contributed by atoms with Crippen molar-refractivity contribution < 1.29 is 51.6 Å². The molecule has 0 atom stereocenters. The zero-order valence-corrected chi connectivity index (χ0v) is 7.15. The molecule has 0 spiro atoms. The normalized spacial score (nSPS) is 4.43. The molecular weight excluding hydrogens is 224 g/mol. The molecule has 0 aromatic carbocycles. The smallest absolute Gasteiger partial charge is 0.300 e. The summed E-state index contributed by atoms with van der Waals surface area (Å²) in [5.74, 6) is 7.17. The minimum absolute atomic E-state index is 0. The van der Waals surface area contributed by atoms with Gasteiger partial charge in [0.1, 0.15) is 0 Å². The van der Waals surface area contributed by atoms with Gasteiger partial charge < -0.3 is 5.11 Å². The molecule has 0 amide bonds. The maximum absolute atomic E-state index is 9.00. The van der Waals surface area contributed by atoms with Gasteiger partial charge in [-0.15, -0.1) is 0 Å². The molecule has 0 saturated heterocycles. The van der Waals surface area contributed by atoms with Gasteiger partial charge in [0.25, 0.3) is 5.97 Å². The molecule has 0 heterocycles. The summed E-state index contributed by atoms with van der Waals surface area (Å²) in [7, 11) is 0. The number of nitrogens with two attached hydrogens (primary N) is 2. The Hall–Kier alpha value is 0.767. The van der Waals surface area contributed by atoms with Crippen LogP contribution in [0.4, 0.5) is 0 Å². The molecule has 0 radical (unpaired) electrons. The Morgan fingerprint density at radius 1 is 1.57 bits per heavy atom. The van der Waals surface area contributed by atoms with Crippen molar-refractivity contribution in [2.45, 2.75) is 6.92 Å². The molecule has 0 bridgehead atoms. The average molecular weight is 232 g/mol. The van der Waals surface area contributed by atoms with Crippen LogP contribution in [0.15, 0.2) is 0 Å². The van der Waals surface area contributed by atoms with Crippen LogP contribution < -0.4 is 11.7 Å². The molecule has 0 saturated carbocycles. The van der Waals surface area contributed by atoms with Gasteiger partial charge in [-0.25, -0.2) is 0 Å². The third-order valence-corrected chi connectivity index (χ3v) is 0. The summed E-state index contributed by atoms with van der Waals surface area (Å²) in [5.41, 5.74) is 0. The SMILES string of the molecule is CC(=O)O.NN.[Ce]. The van der Waals surface area contributed by atoms with Crippen LogP contribution in [0.1, 0.15) is 6.92 Å². The molecule has 5 N–H and O–H groups in total. The van der Waals surface area contributed by atoms with E-state index in [1.165, 1.54) is 0 Å². The van der Waals surface area contributed by atoms with E-state index in [0.717, 1.165) is 6.92 Å². The maximum atomic E-state index is 9.00. The van der Waals surface area contributed by atoms with Crippen molar-refractivity contribution in [3.8, 4) is 0 Å². The van der Waals surface area contributed by atoms with E-state index in [1.807, 2.05) is 0 Å². The zero-order chi connectivity index (χ0) is 5.58. The van der Waals surface area contributed by atoms with E-state index in [2.05, 4.69) is 11.7 Å². The van der Waals surface area contributed by atoms with Crippen LogP contribution >= 0.6 is 0 Å². The summed E-state index contributed by atoms with van der Waals surface area (Å²) >= 11 is 0. The fraction of sp³-hybridized carbons (Fsp3) is 0.500. The molecule has 0 aliphatic rings. The molecule has 4 nitrogen and oxygen atoms in total. The monoisotopic (exact) mass is 232 g/mol. The van der Waals surface area contributed by atoms with Crippen LogP contribution in [0.5, 0.6) is 0 Å². The van der Waals surface area contributed by atoms with E-state index < -0.39 is 5.97 Å². The summed E-state index contributed by atoms with van der Waals surface area (Å²) in [6, 6.07) is 0. The Kier molecular flexibility index (Phi) is 35.5. The number of rotatable bonds is 0. The molecular formula is C2H8CeN2O2. The van der Waals surface area contributed by atoms with Crippen molar-refractivity contribution >= 4 is 5.97 Å². The van der Waals surface area contributed by atoms with Gasteiger partial charge in [0.2, 0.25) is 0 Å². The number of carbonyl (C=O) groups is 1. The first-order valence-electron chi connectivity index (χ1n) is 1.26. The van der Waals surface area contributed by atoms with Gasteiger partial charge in [0.15, 0.2) is 0 Å². The minimum atomic E-state index is -0.833. The first-order valence-corrected chi connectivity index (χ1v) is 1.26. The maximum Gasteiger partial charge on any atom is 0.300 e. The first-order chi connectivity index (χ1) is 2.73. The van der Waals surface area contributed by atoms with E-state index in [9.17, 15) is 0 Å². The van der Waals surface area contributed by atoms with Crippen molar-refractivity contribution in [1.82, 2.24) is 0 Å². The third kappa shape index (κ3) is 262. The quantitative estimate of drug-likeness (QED) is 0.366. The second-order valence-corrected chi connectivity index (χ2v) is 0.519. The second-order valence-electron chi connectivity index (χ2n) is 0.519. The molecule has 0 aliphatic heterocycles. The molecule has 7 heavy (non-hydrogen) atoms. The summed E-state index contributed by atoms with van der Waals surface area (Å²) < 4.78 is 0. The number of hydrogen-bond acceptors (Lipinski definition) is 3. The van der Waals surface area contributed by atoms with Crippen molar-refractivity contribution in [2.75, 3.05) is 0 Å². The largest absolute Gasteiger partial charge is 0.481 e. The van der Waals surface area contributed by atoms with Gasteiger partial charge in [0, 0.05) is 48.7 Å². The number of carboxylic acids is 1. The van der Waals surface area contributed by atoms with Crippen LogP contribution in [0.25, 0.3) is 0 Å². The summed E-state index contributed by atoms with van der Waals surface area (Å²) in [5, 5.41) is 7.42. The second kappa shape index (κ2) is 15.9. The topological polar surface area (TPSA) is 89.3 Å². The summed E-state index contributed by atoms with van der Waals surface area (Å²) in [4.78, 5) is 9.00. The Morgan fingerprint density at radius 2 is 1.57 bits per heavy atom. The number of hydrogen-bond donors (Lipinski definition) is 3. The Bertz CT molecular complexity index is 36.7.